The highest BCUT2D eigenvalue weighted by Crippen LogP contribution is 2.31. The van der Waals surface area contributed by atoms with Crippen LogP contribution in [-0.4, -0.2) is 43.8 Å². The van der Waals surface area contributed by atoms with Gasteiger partial charge in [0, 0.05) is 22.6 Å². The minimum absolute atomic E-state index is 0.0352. The SMILES string of the molecule is CC[C@@H](C)NC(=O)[C@@H](CC)N(Cc1ccc(Cl)cc1)C(=O)CN(c1cccc(Cl)c1C)S(=O)(=O)c1ccccc1. The van der Waals surface area contributed by atoms with E-state index in [-0.39, 0.29) is 29.1 Å². The Morgan fingerprint density at radius 2 is 1.55 bits per heavy atom. The second-order valence-electron chi connectivity index (χ2n) is 9.60. The number of carbonyl (C=O) groups is 2. The molecule has 0 spiro atoms. The molecule has 2 amide bonds. The van der Waals surface area contributed by atoms with Crippen LogP contribution in [0, 0.1) is 6.92 Å². The summed E-state index contributed by atoms with van der Waals surface area (Å²) in [6.45, 7) is 6.95. The largest absolute Gasteiger partial charge is 0.352 e. The lowest BCUT2D eigenvalue weighted by Gasteiger charge is -2.34. The molecule has 0 heterocycles. The molecule has 7 nitrogen and oxygen atoms in total. The van der Waals surface area contributed by atoms with Crippen molar-refractivity contribution in [1.29, 1.82) is 0 Å². The summed E-state index contributed by atoms with van der Waals surface area (Å²) in [5.74, 6) is -0.824. The lowest BCUT2D eigenvalue weighted by molar-refractivity contribution is -0.140. The number of benzene rings is 3. The number of nitrogens with one attached hydrogen (secondary N) is 1. The Labute approximate surface area is 247 Å². The third-order valence-electron chi connectivity index (χ3n) is 6.77. The topological polar surface area (TPSA) is 86.8 Å². The molecule has 2 atom stereocenters. The highest BCUT2D eigenvalue weighted by Gasteiger charge is 2.34. The number of halogens is 2. The van der Waals surface area contributed by atoms with Crippen molar-refractivity contribution in [3.8, 4) is 0 Å². The quantitative estimate of drug-likeness (QED) is 0.266. The molecule has 3 aromatic rings. The maximum atomic E-state index is 14.1. The molecule has 3 rings (SSSR count). The molecular formula is C30H35Cl2N3O4S. The van der Waals surface area contributed by atoms with Crippen LogP contribution in [0.15, 0.2) is 77.7 Å². The van der Waals surface area contributed by atoms with Crippen LogP contribution in [0.3, 0.4) is 0 Å². The van der Waals surface area contributed by atoms with Gasteiger partial charge < -0.3 is 10.2 Å². The maximum absolute atomic E-state index is 14.1. The van der Waals surface area contributed by atoms with Crippen LogP contribution in [0.5, 0.6) is 0 Å². The minimum Gasteiger partial charge on any atom is -0.352 e. The number of anilines is 1. The van der Waals surface area contributed by atoms with Gasteiger partial charge in [0.25, 0.3) is 10.0 Å². The van der Waals surface area contributed by atoms with Gasteiger partial charge in [0.15, 0.2) is 0 Å². The summed E-state index contributed by atoms with van der Waals surface area (Å²) in [4.78, 5) is 28.9. The summed E-state index contributed by atoms with van der Waals surface area (Å²) in [6.07, 6.45) is 1.06. The van der Waals surface area contributed by atoms with Crippen LogP contribution in [-0.2, 0) is 26.2 Å². The van der Waals surface area contributed by atoms with Crippen molar-refractivity contribution in [2.24, 2.45) is 0 Å². The van der Waals surface area contributed by atoms with Gasteiger partial charge in [0.1, 0.15) is 12.6 Å². The smallest absolute Gasteiger partial charge is 0.264 e. The van der Waals surface area contributed by atoms with E-state index in [0.717, 1.165) is 16.3 Å². The molecule has 0 saturated carbocycles. The highest BCUT2D eigenvalue weighted by atomic mass is 35.5. The predicted molar refractivity (Wildman–Crippen MR) is 161 cm³/mol. The van der Waals surface area contributed by atoms with Crippen molar-refractivity contribution in [3.05, 3.63) is 94.0 Å². The van der Waals surface area contributed by atoms with Crippen molar-refractivity contribution < 1.29 is 18.0 Å². The van der Waals surface area contributed by atoms with E-state index in [9.17, 15) is 18.0 Å². The Morgan fingerprint density at radius 3 is 2.15 bits per heavy atom. The zero-order valence-electron chi connectivity index (χ0n) is 23.1. The van der Waals surface area contributed by atoms with Crippen molar-refractivity contribution in [1.82, 2.24) is 10.2 Å². The number of sulfonamides is 1. The van der Waals surface area contributed by atoms with Gasteiger partial charge in [-0.05, 0) is 74.2 Å². The number of rotatable bonds is 12. The van der Waals surface area contributed by atoms with Gasteiger partial charge >= 0.3 is 0 Å². The van der Waals surface area contributed by atoms with Crippen molar-refractivity contribution in [3.63, 3.8) is 0 Å². The van der Waals surface area contributed by atoms with Crippen molar-refractivity contribution in [2.75, 3.05) is 10.8 Å². The fraction of sp³-hybridized carbons (Fsp3) is 0.333. The average molecular weight is 605 g/mol. The molecule has 1 N–H and O–H groups in total. The highest BCUT2D eigenvalue weighted by molar-refractivity contribution is 7.92. The fourth-order valence-corrected chi connectivity index (χ4v) is 6.03. The predicted octanol–water partition coefficient (Wildman–Crippen LogP) is 6.22. The summed E-state index contributed by atoms with van der Waals surface area (Å²) in [6, 6.07) is 18.9. The molecule has 0 aliphatic rings. The number of nitrogens with zero attached hydrogens (tertiary/aromatic N) is 2. The van der Waals surface area contributed by atoms with Gasteiger partial charge in [-0.1, -0.05) is 73.4 Å². The molecule has 0 aromatic heterocycles. The Hall–Kier alpha value is -3.07. The zero-order valence-corrected chi connectivity index (χ0v) is 25.4. The molecular weight excluding hydrogens is 569 g/mol. The zero-order chi connectivity index (χ0) is 29.4. The first-order chi connectivity index (χ1) is 19.0. The van der Waals surface area contributed by atoms with Crippen LogP contribution < -0.4 is 9.62 Å². The van der Waals surface area contributed by atoms with Crippen LogP contribution in [0.2, 0.25) is 10.0 Å². The molecule has 0 bridgehead atoms. The van der Waals surface area contributed by atoms with Crippen LogP contribution in [0.25, 0.3) is 0 Å². The maximum Gasteiger partial charge on any atom is 0.264 e. The second-order valence-corrected chi connectivity index (χ2v) is 12.3. The van der Waals surface area contributed by atoms with Gasteiger partial charge in [-0.25, -0.2) is 8.42 Å². The van der Waals surface area contributed by atoms with Gasteiger partial charge in [-0.2, -0.15) is 0 Å². The Morgan fingerprint density at radius 1 is 0.900 bits per heavy atom. The first-order valence-electron chi connectivity index (χ1n) is 13.2. The van der Waals surface area contributed by atoms with E-state index in [1.165, 1.54) is 17.0 Å². The molecule has 40 heavy (non-hydrogen) atoms. The molecule has 0 saturated heterocycles. The third-order valence-corrected chi connectivity index (χ3v) is 9.21. The van der Waals surface area contributed by atoms with E-state index in [4.69, 9.17) is 23.2 Å². The summed E-state index contributed by atoms with van der Waals surface area (Å²) >= 11 is 12.4. The lowest BCUT2D eigenvalue weighted by atomic mass is 10.1. The van der Waals surface area contributed by atoms with Crippen LogP contribution in [0.4, 0.5) is 5.69 Å². The molecule has 214 valence electrons. The van der Waals surface area contributed by atoms with Crippen LogP contribution in [0.1, 0.15) is 44.7 Å². The molecule has 0 unspecified atom stereocenters. The Kier molecular flexibility index (Phi) is 11.0. The van der Waals surface area contributed by atoms with Gasteiger partial charge in [-0.3, -0.25) is 13.9 Å². The number of hydrogen-bond acceptors (Lipinski definition) is 4. The lowest BCUT2D eigenvalue weighted by Crippen LogP contribution is -2.53. The Balaban J connectivity index is 2.08. The summed E-state index contributed by atoms with van der Waals surface area (Å²) < 4.78 is 28.9. The average Bonchev–Trinajstić information content (AvgIpc) is 2.94. The monoisotopic (exact) mass is 603 g/mol. The summed E-state index contributed by atoms with van der Waals surface area (Å²) in [5.41, 5.74) is 1.56. The summed E-state index contributed by atoms with van der Waals surface area (Å²) in [5, 5.41) is 3.88. The molecule has 0 fully saturated rings. The van der Waals surface area contributed by atoms with E-state index in [1.807, 2.05) is 20.8 Å². The number of amides is 2. The number of carbonyl (C=O) groups excluding carboxylic acids is 2. The van der Waals surface area contributed by atoms with E-state index in [2.05, 4.69) is 5.32 Å². The van der Waals surface area contributed by atoms with Crippen LogP contribution >= 0.6 is 23.2 Å². The van der Waals surface area contributed by atoms with E-state index < -0.39 is 28.5 Å². The number of hydrogen-bond donors (Lipinski definition) is 1. The minimum atomic E-state index is -4.17. The summed E-state index contributed by atoms with van der Waals surface area (Å²) in [7, 11) is -4.17. The molecule has 0 aliphatic carbocycles. The normalized spacial score (nSPS) is 12.8. The molecule has 0 radical (unpaired) electrons. The first-order valence-corrected chi connectivity index (χ1v) is 15.4. The fourth-order valence-electron chi connectivity index (χ4n) is 4.25. The van der Waals surface area contributed by atoms with E-state index >= 15 is 0 Å². The van der Waals surface area contributed by atoms with Crippen molar-refractivity contribution in [2.45, 2.75) is 64.1 Å². The van der Waals surface area contributed by atoms with E-state index in [0.29, 0.717) is 22.0 Å². The molecule has 0 aliphatic heterocycles. The van der Waals surface area contributed by atoms with Gasteiger partial charge in [0.05, 0.1) is 10.6 Å². The standard InChI is InChI=1S/C30H35Cl2N3O4S/c1-5-21(3)33-30(37)27(6-2)34(19-23-15-17-24(31)18-16-23)29(36)20-35(28-14-10-13-26(32)22(28)4)40(38,39)25-11-8-7-9-12-25/h7-18,21,27H,5-6,19-20H2,1-4H3,(H,33,37)/t21-,27-/m1/s1. The van der Waals surface area contributed by atoms with E-state index in [1.54, 1.807) is 67.6 Å². The second kappa shape index (κ2) is 14.0. The Bertz CT molecular complexity index is 1420. The first kappa shape index (κ1) is 31.5. The van der Waals surface area contributed by atoms with Gasteiger partial charge in [-0.15, -0.1) is 0 Å². The van der Waals surface area contributed by atoms with Gasteiger partial charge in [0.2, 0.25) is 11.8 Å². The van der Waals surface area contributed by atoms with Crippen molar-refractivity contribution >= 4 is 50.7 Å². The molecule has 10 heteroatoms. The third kappa shape index (κ3) is 7.56. The molecule has 3 aromatic carbocycles.